The van der Waals surface area contributed by atoms with Gasteiger partial charge in [-0.15, -0.1) is 0 Å². The van der Waals surface area contributed by atoms with Gasteiger partial charge in [0.15, 0.2) is 0 Å². The van der Waals surface area contributed by atoms with Gasteiger partial charge in [-0.3, -0.25) is 4.90 Å². The Morgan fingerprint density at radius 3 is 2.84 bits per heavy atom. The Morgan fingerprint density at radius 2 is 2.16 bits per heavy atom. The maximum Gasteiger partial charge on any atom is 0.0371 e. The van der Waals surface area contributed by atoms with Gasteiger partial charge < -0.3 is 10.6 Å². The zero-order chi connectivity index (χ0) is 13.8. The molecule has 1 aliphatic rings. The molecule has 1 fully saturated rings. The molecule has 0 aliphatic carbocycles. The summed E-state index contributed by atoms with van der Waals surface area (Å²) in [5.41, 5.74) is 8.24. The normalized spacial score (nSPS) is 22.4. The number of benzene rings is 1. The number of rotatable bonds is 3. The van der Waals surface area contributed by atoms with Crippen molar-refractivity contribution >= 4 is 21.6 Å². The van der Waals surface area contributed by atoms with E-state index in [1.165, 1.54) is 24.9 Å². The number of likely N-dealkylation sites (N-methyl/N-ethyl adjacent to an activating group) is 1. The van der Waals surface area contributed by atoms with Crippen molar-refractivity contribution < 1.29 is 0 Å². The van der Waals surface area contributed by atoms with Gasteiger partial charge in [-0.2, -0.15) is 0 Å². The Bertz CT molecular complexity index is 402. The van der Waals surface area contributed by atoms with E-state index in [2.05, 4.69) is 45.8 Å². The second kappa shape index (κ2) is 6.73. The summed E-state index contributed by atoms with van der Waals surface area (Å²) in [6.07, 6.45) is 2.42. The summed E-state index contributed by atoms with van der Waals surface area (Å²) < 4.78 is 1.12. The molecule has 0 bridgehead atoms. The highest BCUT2D eigenvalue weighted by Crippen LogP contribution is 2.26. The molecule has 1 heterocycles. The van der Waals surface area contributed by atoms with Crippen molar-refractivity contribution in [1.29, 1.82) is 0 Å². The van der Waals surface area contributed by atoms with Gasteiger partial charge in [0.25, 0.3) is 0 Å². The minimum Gasteiger partial charge on any atom is -0.398 e. The van der Waals surface area contributed by atoms with Gasteiger partial charge in [0.1, 0.15) is 0 Å². The predicted octanol–water partition coefficient (Wildman–Crippen LogP) is 2.95. The van der Waals surface area contributed by atoms with Crippen LogP contribution in [0.25, 0.3) is 0 Å². The van der Waals surface area contributed by atoms with E-state index in [9.17, 15) is 0 Å². The summed E-state index contributed by atoms with van der Waals surface area (Å²) in [5.74, 6) is 0. The third kappa shape index (κ3) is 3.71. The summed E-state index contributed by atoms with van der Waals surface area (Å²) in [5, 5.41) is 0. The van der Waals surface area contributed by atoms with Crippen molar-refractivity contribution in [2.75, 3.05) is 32.4 Å². The smallest absolute Gasteiger partial charge is 0.0371 e. The third-order valence-electron chi connectivity index (χ3n) is 4.01. The average Bonchev–Trinajstić information content (AvgIpc) is 2.55. The van der Waals surface area contributed by atoms with Crippen LogP contribution in [0.4, 0.5) is 5.69 Å². The number of hydrogen-bond donors (Lipinski definition) is 1. The molecule has 1 aliphatic heterocycles. The van der Waals surface area contributed by atoms with Gasteiger partial charge >= 0.3 is 0 Å². The zero-order valence-electron chi connectivity index (χ0n) is 11.9. The Labute approximate surface area is 124 Å². The van der Waals surface area contributed by atoms with Crippen LogP contribution in [0, 0.1) is 0 Å². The highest BCUT2D eigenvalue weighted by Gasteiger charge is 2.23. The maximum atomic E-state index is 6.12. The fraction of sp³-hybridized carbons (Fsp3) is 0.600. The SMILES string of the molecule is CCC1CN(C)CCCN1Cc1c(N)cccc1Br. The quantitative estimate of drug-likeness (QED) is 0.867. The minimum atomic E-state index is 0.624. The van der Waals surface area contributed by atoms with E-state index in [1.807, 2.05) is 12.1 Å². The van der Waals surface area contributed by atoms with Crippen molar-refractivity contribution in [3.63, 3.8) is 0 Å². The van der Waals surface area contributed by atoms with E-state index >= 15 is 0 Å². The molecule has 3 nitrogen and oxygen atoms in total. The Kier molecular flexibility index (Phi) is 5.25. The summed E-state index contributed by atoms with van der Waals surface area (Å²) in [4.78, 5) is 5.03. The molecule has 19 heavy (non-hydrogen) atoms. The average molecular weight is 326 g/mol. The molecule has 0 spiro atoms. The lowest BCUT2D eigenvalue weighted by Crippen LogP contribution is -2.39. The molecule has 0 saturated carbocycles. The van der Waals surface area contributed by atoms with Crippen LogP contribution in [0.5, 0.6) is 0 Å². The second-order valence-corrected chi connectivity index (χ2v) is 6.31. The van der Waals surface area contributed by atoms with E-state index in [1.54, 1.807) is 0 Å². The first-order valence-corrected chi connectivity index (χ1v) is 7.86. The number of nitrogens with two attached hydrogens (primary N) is 1. The van der Waals surface area contributed by atoms with E-state index in [4.69, 9.17) is 5.73 Å². The number of hydrogen-bond acceptors (Lipinski definition) is 3. The highest BCUT2D eigenvalue weighted by atomic mass is 79.9. The van der Waals surface area contributed by atoms with E-state index in [0.29, 0.717) is 6.04 Å². The molecule has 1 atom stereocenters. The van der Waals surface area contributed by atoms with Gasteiger partial charge in [-0.1, -0.05) is 28.9 Å². The van der Waals surface area contributed by atoms with Crippen molar-refractivity contribution in [2.24, 2.45) is 0 Å². The van der Waals surface area contributed by atoms with Gasteiger partial charge in [-0.25, -0.2) is 0 Å². The van der Waals surface area contributed by atoms with E-state index in [-0.39, 0.29) is 0 Å². The molecular formula is C15H24BrN3. The van der Waals surface area contributed by atoms with Gasteiger partial charge in [0.05, 0.1) is 0 Å². The summed E-state index contributed by atoms with van der Waals surface area (Å²) in [6, 6.07) is 6.69. The van der Waals surface area contributed by atoms with Crippen LogP contribution in [0.1, 0.15) is 25.3 Å². The van der Waals surface area contributed by atoms with Crippen LogP contribution < -0.4 is 5.73 Å². The number of halogens is 1. The molecule has 1 unspecified atom stereocenters. The molecule has 1 aromatic carbocycles. The molecule has 4 heteroatoms. The molecule has 0 aromatic heterocycles. The van der Waals surface area contributed by atoms with E-state index < -0.39 is 0 Å². The number of nitrogen functional groups attached to an aromatic ring is 1. The van der Waals surface area contributed by atoms with Gasteiger partial charge in [0.2, 0.25) is 0 Å². The predicted molar refractivity (Wildman–Crippen MR) is 85.2 cm³/mol. The lowest BCUT2D eigenvalue weighted by molar-refractivity contribution is 0.176. The number of anilines is 1. The van der Waals surface area contributed by atoms with Crippen LogP contribution in [-0.2, 0) is 6.54 Å². The molecule has 0 radical (unpaired) electrons. The van der Waals surface area contributed by atoms with Crippen LogP contribution in [0.15, 0.2) is 22.7 Å². The summed E-state index contributed by atoms with van der Waals surface area (Å²) >= 11 is 3.63. The van der Waals surface area contributed by atoms with Gasteiger partial charge in [0, 0.05) is 41.4 Å². The topological polar surface area (TPSA) is 32.5 Å². The van der Waals surface area contributed by atoms with Crippen LogP contribution in [-0.4, -0.2) is 42.5 Å². The molecule has 0 amide bonds. The monoisotopic (exact) mass is 325 g/mol. The Morgan fingerprint density at radius 1 is 1.37 bits per heavy atom. The molecule has 2 rings (SSSR count). The highest BCUT2D eigenvalue weighted by molar-refractivity contribution is 9.10. The molecule has 1 saturated heterocycles. The Balaban J connectivity index is 2.16. The van der Waals surface area contributed by atoms with Crippen molar-refractivity contribution in [1.82, 2.24) is 9.80 Å². The first-order valence-electron chi connectivity index (χ1n) is 7.07. The number of nitrogens with zero attached hydrogens (tertiary/aromatic N) is 2. The molecular weight excluding hydrogens is 302 g/mol. The van der Waals surface area contributed by atoms with Gasteiger partial charge in [-0.05, 0) is 38.6 Å². The first-order chi connectivity index (χ1) is 9.11. The van der Waals surface area contributed by atoms with Crippen molar-refractivity contribution in [2.45, 2.75) is 32.4 Å². The Hall–Kier alpha value is -0.580. The largest absolute Gasteiger partial charge is 0.398 e. The fourth-order valence-corrected chi connectivity index (χ4v) is 3.34. The molecule has 1 aromatic rings. The maximum absolute atomic E-state index is 6.12. The zero-order valence-corrected chi connectivity index (χ0v) is 13.5. The van der Waals surface area contributed by atoms with Crippen molar-refractivity contribution in [3.8, 4) is 0 Å². The van der Waals surface area contributed by atoms with Crippen LogP contribution in [0.3, 0.4) is 0 Å². The summed E-state index contributed by atoms with van der Waals surface area (Å²) in [6.45, 7) is 6.72. The molecule has 106 valence electrons. The lowest BCUT2D eigenvalue weighted by atomic mass is 10.1. The van der Waals surface area contributed by atoms with Crippen LogP contribution >= 0.6 is 15.9 Å². The summed E-state index contributed by atoms with van der Waals surface area (Å²) in [7, 11) is 2.22. The van der Waals surface area contributed by atoms with Crippen molar-refractivity contribution in [3.05, 3.63) is 28.2 Å². The fourth-order valence-electron chi connectivity index (χ4n) is 2.83. The minimum absolute atomic E-state index is 0.624. The second-order valence-electron chi connectivity index (χ2n) is 5.46. The molecule has 2 N–H and O–H groups in total. The third-order valence-corrected chi connectivity index (χ3v) is 4.75. The van der Waals surface area contributed by atoms with Crippen LogP contribution in [0.2, 0.25) is 0 Å². The lowest BCUT2D eigenvalue weighted by Gasteiger charge is -2.30. The first kappa shape index (κ1) is 14.8. The standard InChI is InChI=1S/C15H24BrN3/c1-3-12-10-18(2)8-5-9-19(12)11-13-14(16)6-4-7-15(13)17/h4,6-7,12H,3,5,8-11,17H2,1-2H3. The van der Waals surface area contributed by atoms with E-state index in [0.717, 1.165) is 29.8 Å².